The molecule has 0 bridgehead atoms. The Bertz CT molecular complexity index is 913. The summed E-state index contributed by atoms with van der Waals surface area (Å²) in [5.41, 5.74) is -1.60. The van der Waals surface area contributed by atoms with Gasteiger partial charge in [0.05, 0.1) is 13.6 Å². The molecular weight excluding hydrogens is 442 g/mol. The first kappa shape index (κ1) is 23.9. The molecule has 0 radical (unpaired) electrons. The van der Waals surface area contributed by atoms with E-state index in [0.29, 0.717) is 15.2 Å². The largest absolute Gasteiger partial charge is 0.457 e. The molecular formula is C24H34N3O5S+. The zero-order valence-corrected chi connectivity index (χ0v) is 20.0. The third kappa shape index (κ3) is 5.31. The molecule has 2 aromatic rings. The van der Waals surface area contributed by atoms with Crippen molar-refractivity contribution < 1.29 is 28.4 Å². The number of aromatic nitrogens is 1. The van der Waals surface area contributed by atoms with Crippen LogP contribution in [0.5, 0.6) is 0 Å². The molecule has 0 aromatic carbocycles. The van der Waals surface area contributed by atoms with Crippen molar-refractivity contribution in [1.82, 2.24) is 5.16 Å². The van der Waals surface area contributed by atoms with Crippen LogP contribution in [0.2, 0.25) is 0 Å². The van der Waals surface area contributed by atoms with Gasteiger partial charge in [0.25, 0.3) is 5.91 Å². The number of rotatable bonds is 8. The topological polar surface area (TPSA) is 102 Å². The maximum atomic E-state index is 13.4. The maximum absolute atomic E-state index is 13.4. The van der Waals surface area contributed by atoms with Crippen molar-refractivity contribution in [2.24, 2.45) is 5.92 Å². The molecule has 9 heteroatoms. The number of likely N-dealkylation sites (tertiary alicyclic amines) is 1. The summed E-state index contributed by atoms with van der Waals surface area (Å²) in [5.74, 6) is -0.444. The van der Waals surface area contributed by atoms with Crippen molar-refractivity contribution in [3.63, 3.8) is 0 Å². The van der Waals surface area contributed by atoms with Crippen LogP contribution in [0.4, 0.5) is 5.82 Å². The van der Waals surface area contributed by atoms with Crippen LogP contribution in [0, 0.1) is 5.92 Å². The first-order chi connectivity index (χ1) is 15.9. The van der Waals surface area contributed by atoms with E-state index in [1.165, 1.54) is 17.6 Å². The normalized spacial score (nSPS) is 25.8. The molecule has 1 saturated carbocycles. The van der Waals surface area contributed by atoms with Crippen LogP contribution in [-0.2, 0) is 19.9 Å². The molecule has 1 saturated heterocycles. The third-order valence-corrected chi connectivity index (χ3v) is 8.35. The Balaban J connectivity index is 1.43. The maximum Gasteiger partial charge on any atom is 0.344 e. The zero-order valence-electron chi connectivity index (χ0n) is 19.2. The number of quaternary nitrogens is 1. The van der Waals surface area contributed by atoms with Gasteiger partial charge < -0.3 is 24.2 Å². The lowest BCUT2D eigenvalue weighted by Crippen LogP contribution is -2.60. The number of likely N-dealkylation sites (N-methyl/N-ethyl adjacent to an activating group) is 1. The number of aliphatic hydroxyl groups is 1. The molecule has 1 aliphatic heterocycles. The lowest BCUT2D eigenvalue weighted by Gasteiger charge is -2.44. The summed E-state index contributed by atoms with van der Waals surface area (Å²) in [5, 5.41) is 20.0. The van der Waals surface area contributed by atoms with Crippen LogP contribution < -0.4 is 5.32 Å². The summed E-state index contributed by atoms with van der Waals surface area (Å²) in [7, 11) is 2.03. The first-order valence-corrected chi connectivity index (χ1v) is 12.8. The molecule has 0 spiro atoms. The highest BCUT2D eigenvalue weighted by molar-refractivity contribution is 7.10. The molecule has 1 aliphatic carbocycles. The van der Waals surface area contributed by atoms with Crippen LogP contribution in [-0.4, -0.2) is 59.4 Å². The number of piperidine rings is 1. The van der Waals surface area contributed by atoms with E-state index >= 15 is 0 Å². The summed E-state index contributed by atoms with van der Waals surface area (Å²) in [6.07, 6.45) is 9.14. The fourth-order valence-corrected chi connectivity index (χ4v) is 6.26. The van der Waals surface area contributed by atoms with E-state index in [-0.39, 0.29) is 31.0 Å². The van der Waals surface area contributed by atoms with Gasteiger partial charge in [-0.3, -0.25) is 4.79 Å². The quantitative estimate of drug-likeness (QED) is 0.445. The van der Waals surface area contributed by atoms with Crippen LogP contribution >= 0.6 is 11.3 Å². The van der Waals surface area contributed by atoms with Gasteiger partial charge in [-0.05, 0) is 37.1 Å². The fraction of sp³-hybridized carbons (Fsp3) is 0.625. The average molecular weight is 477 g/mol. The van der Waals surface area contributed by atoms with Crippen molar-refractivity contribution in [2.45, 2.75) is 63.0 Å². The number of hydrogen-bond donors (Lipinski definition) is 2. The summed E-state index contributed by atoms with van der Waals surface area (Å²) in [6.45, 7) is 1.27. The number of hydrogen-bond acceptors (Lipinski definition) is 7. The highest BCUT2D eigenvalue weighted by Gasteiger charge is 2.49. The number of nitrogens with zero attached hydrogens (tertiary/aromatic N) is 2. The molecule has 3 heterocycles. The number of carbonyl (C=O) groups excluding carboxylic acids is 2. The summed E-state index contributed by atoms with van der Waals surface area (Å²) < 4.78 is 11.1. The number of carbonyl (C=O) groups is 2. The van der Waals surface area contributed by atoms with E-state index in [9.17, 15) is 14.7 Å². The predicted molar refractivity (Wildman–Crippen MR) is 124 cm³/mol. The Hall–Kier alpha value is -2.23. The Morgan fingerprint density at radius 1 is 1.24 bits per heavy atom. The molecule has 3 unspecified atom stereocenters. The van der Waals surface area contributed by atoms with E-state index in [4.69, 9.17) is 9.26 Å². The molecule has 180 valence electrons. The van der Waals surface area contributed by atoms with Gasteiger partial charge in [-0.2, -0.15) is 0 Å². The lowest BCUT2D eigenvalue weighted by atomic mass is 9.76. The number of ether oxygens (including phenoxy) is 1. The van der Waals surface area contributed by atoms with Gasteiger partial charge in [-0.25, -0.2) is 4.79 Å². The molecule has 1 amide bonds. The van der Waals surface area contributed by atoms with Crippen LogP contribution in [0.25, 0.3) is 0 Å². The molecule has 3 atom stereocenters. The third-order valence-electron chi connectivity index (χ3n) is 7.36. The molecule has 8 nitrogen and oxygen atoms in total. The highest BCUT2D eigenvalue weighted by Crippen LogP contribution is 2.42. The molecule has 2 fully saturated rings. The van der Waals surface area contributed by atoms with Gasteiger partial charge in [0.15, 0.2) is 18.0 Å². The first-order valence-electron chi connectivity index (χ1n) is 11.9. The number of nitrogens with one attached hydrogen (secondary N) is 1. The Morgan fingerprint density at radius 3 is 2.73 bits per heavy atom. The molecule has 4 rings (SSSR count). The van der Waals surface area contributed by atoms with Gasteiger partial charge in [0, 0.05) is 23.3 Å². The van der Waals surface area contributed by atoms with Crippen molar-refractivity contribution in [3.05, 3.63) is 34.7 Å². The van der Waals surface area contributed by atoms with Crippen molar-refractivity contribution >= 4 is 29.0 Å². The smallest absolute Gasteiger partial charge is 0.344 e. The lowest BCUT2D eigenvalue weighted by molar-refractivity contribution is -0.931. The minimum Gasteiger partial charge on any atom is -0.457 e. The number of amides is 1. The van der Waals surface area contributed by atoms with Gasteiger partial charge in [0.1, 0.15) is 18.9 Å². The second kappa shape index (κ2) is 10.4. The van der Waals surface area contributed by atoms with Crippen LogP contribution in [0.3, 0.4) is 0 Å². The molecule has 33 heavy (non-hydrogen) atoms. The van der Waals surface area contributed by atoms with Gasteiger partial charge in [-0.1, -0.05) is 30.5 Å². The van der Waals surface area contributed by atoms with Gasteiger partial charge in [0.2, 0.25) is 0 Å². The summed E-state index contributed by atoms with van der Waals surface area (Å²) in [4.78, 5) is 26.7. The molecule has 2 aliphatic rings. The Labute approximate surface area is 198 Å². The standard InChI is InChI=1S/C24H33N3O5S/c1-27(16-22(28)25-21-12-14-32-26-21)13-6-5-10-19(27)17-31-23(29)24(30,20-11-7-15-33-20)18-8-3-2-4-9-18/h7,11-12,14-15,18-19,30H,2-6,8-10,13,16-17H2,1H3/p+1. The van der Waals surface area contributed by atoms with Crippen LogP contribution in [0.1, 0.15) is 56.2 Å². The minimum absolute atomic E-state index is 0.00954. The van der Waals surface area contributed by atoms with E-state index < -0.39 is 11.6 Å². The van der Waals surface area contributed by atoms with Crippen molar-refractivity contribution in [1.29, 1.82) is 0 Å². The number of anilines is 1. The second-order valence-electron chi connectivity index (χ2n) is 9.62. The fourth-order valence-electron chi connectivity index (χ4n) is 5.37. The summed E-state index contributed by atoms with van der Waals surface area (Å²) in [6, 6.07) is 5.29. The van der Waals surface area contributed by atoms with E-state index in [1.54, 1.807) is 6.07 Å². The van der Waals surface area contributed by atoms with Crippen molar-refractivity contribution in [3.8, 4) is 0 Å². The van der Waals surface area contributed by atoms with Crippen LogP contribution in [0.15, 0.2) is 34.4 Å². The van der Waals surface area contributed by atoms with E-state index in [0.717, 1.165) is 57.9 Å². The van der Waals surface area contributed by atoms with Crippen molar-refractivity contribution in [2.75, 3.05) is 32.1 Å². The minimum atomic E-state index is -1.60. The average Bonchev–Trinajstić information content (AvgIpc) is 3.53. The predicted octanol–water partition coefficient (Wildman–Crippen LogP) is 3.69. The Morgan fingerprint density at radius 2 is 2.03 bits per heavy atom. The van der Waals surface area contributed by atoms with E-state index in [2.05, 4.69) is 10.5 Å². The second-order valence-corrected chi connectivity index (χ2v) is 10.6. The van der Waals surface area contributed by atoms with Gasteiger partial charge in [-0.15, -0.1) is 11.3 Å². The molecule has 2 N–H and O–H groups in total. The van der Waals surface area contributed by atoms with E-state index in [1.807, 2.05) is 24.6 Å². The number of thiophene rings is 1. The molecule has 2 aromatic heterocycles. The number of esters is 1. The summed E-state index contributed by atoms with van der Waals surface area (Å²) >= 11 is 1.40. The Kier molecular flexibility index (Phi) is 7.51. The van der Waals surface area contributed by atoms with Gasteiger partial charge >= 0.3 is 5.97 Å². The monoisotopic (exact) mass is 476 g/mol. The zero-order chi connectivity index (χ0) is 23.3. The highest BCUT2D eigenvalue weighted by atomic mass is 32.1. The SMILES string of the molecule is C[N+]1(CC(=O)Nc2ccon2)CCCCC1COC(=O)C(O)(c1cccs1)C1CCCCC1.